The molecule has 0 saturated heterocycles. The van der Waals surface area contributed by atoms with E-state index in [9.17, 15) is 13.5 Å². The summed E-state index contributed by atoms with van der Waals surface area (Å²) in [5.74, 6) is 0. The molecular formula is C12H22N2O3S2. The van der Waals surface area contributed by atoms with Crippen LogP contribution in [0.25, 0.3) is 0 Å². The Morgan fingerprint density at radius 3 is 2.47 bits per heavy atom. The minimum Gasteiger partial charge on any atom is -0.387 e. The molecule has 0 aliphatic carbocycles. The molecule has 1 aromatic rings. The van der Waals surface area contributed by atoms with Gasteiger partial charge in [0.15, 0.2) is 0 Å². The van der Waals surface area contributed by atoms with E-state index >= 15 is 0 Å². The molecule has 0 fully saturated rings. The van der Waals surface area contributed by atoms with Crippen LogP contribution in [0.4, 0.5) is 0 Å². The van der Waals surface area contributed by atoms with E-state index in [1.807, 2.05) is 24.6 Å². The Kier molecular flexibility index (Phi) is 6.95. The molecule has 110 valence electrons. The zero-order valence-electron chi connectivity index (χ0n) is 11.4. The summed E-state index contributed by atoms with van der Waals surface area (Å²) in [5, 5.41) is 13.5. The third-order valence-corrected chi connectivity index (χ3v) is 4.95. The molecule has 1 rings (SSSR count). The molecule has 0 amide bonds. The Hall–Kier alpha value is -0.470. The quantitative estimate of drug-likeness (QED) is 0.730. The molecule has 0 bridgehead atoms. The van der Waals surface area contributed by atoms with Crippen LogP contribution in [0.2, 0.25) is 0 Å². The van der Waals surface area contributed by atoms with Gasteiger partial charge in [-0.2, -0.15) is 28.8 Å². The maximum Gasteiger partial charge on any atom is 0.279 e. The van der Waals surface area contributed by atoms with Crippen LogP contribution in [0.5, 0.6) is 0 Å². The van der Waals surface area contributed by atoms with Gasteiger partial charge in [0, 0.05) is 19.6 Å². The molecule has 2 N–H and O–H groups in total. The highest BCUT2D eigenvalue weighted by Gasteiger charge is 2.21. The lowest BCUT2D eigenvalue weighted by Gasteiger charge is -2.22. The van der Waals surface area contributed by atoms with Crippen LogP contribution in [0.1, 0.15) is 38.4 Å². The summed E-state index contributed by atoms with van der Waals surface area (Å²) in [4.78, 5) is 0. The number of aliphatic hydroxyl groups excluding tert-OH is 1. The fraction of sp³-hybridized carbons (Fsp3) is 0.667. The fourth-order valence-electron chi connectivity index (χ4n) is 1.71. The number of hydrogen-bond donors (Lipinski definition) is 2. The van der Waals surface area contributed by atoms with Gasteiger partial charge in [0.05, 0.1) is 6.10 Å². The van der Waals surface area contributed by atoms with Crippen LogP contribution in [-0.2, 0) is 10.2 Å². The van der Waals surface area contributed by atoms with Gasteiger partial charge in [0.1, 0.15) is 0 Å². The summed E-state index contributed by atoms with van der Waals surface area (Å²) >= 11 is 1.48. The number of nitrogens with zero attached hydrogens (tertiary/aromatic N) is 1. The van der Waals surface area contributed by atoms with Crippen LogP contribution in [-0.4, -0.2) is 37.5 Å². The van der Waals surface area contributed by atoms with Crippen molar-refractivity contribution >= 4 is 21.5 Å². The van der Waals surface area contributed by atoms with Crippen LogP contribution in [0.3, 0.4) is 0 Å². The van der Waals surface area contributed by atoms with Crippen LogP contribution < -0.4 is 4.72 Å². The van der Waals surface area contributed by atoms with Gasteiger partial charge < -0.3 is 5.11 Å². The molecule has 5 nitrogen and oxygen atoms in total. The van der Waals surface area contributed by atoms with Gasteiger partial charge in [0.2, 0.25) is 0 Å². The molecule has 0 aliphatic heterocycles. The highest BCUT2D eigenvalue weighted by Crippen LogP contribution is 2.15. The van der Waals surface area contributed by atoms with Gasteiger partial charge >= 0.3 is 0 Å². The normalized spacial score (nSPS) is 13.9. The van der Waals surface area contributed by atoms with Gasteiger partial charge in [-0.25, -0.2) is 0 Å². The van der Waals surface area contributed by atoms with Gasteiger partial charge in [0.25, 0.3) is 10.2 Å². The standard InChI is InChI=1S/C12H22N2O3S2/c1-3-6-14(7-4-2)19(16,17)13-9-12(15)11-5-8-18-10-11/h5,8,10,12-13,15H,3-4,6-7,9H2,1-2H3. The highest BCUT2D eigenvalue weighted by molar-refractivity contribution is 7.87. The van der Waals surface area contributed by atoms with Crippen molar-refractivity contribution in [2.24, 2.45) is 0 Å². The molecule has 1 heterocycles. The molecular weight excluding hydrogens is 284 g/mol. The van der Waals surface area contributed by atoms with Gasteiger partial charge in [-0.15, -0.1) is 0 Å². The van der Waals surface area contributed by atoms with Crippen molar-refractivity contribution < 1.29 is 13.5 Å². The third-order valence-electron chi connectivity index (χ3n) is 2.67. The zero-order chi connectivity index (χ0) is 14.3. The fourth-order valence-corrected chi connectivity index (χ4v) is 3.81. The smallest absolute Gasteiger partial charge is 0.279 e. The molecule has 19 heavy (non-hydrogen) atoms. The first-order chi connectivity index (χ1) is 9.01. The number of rotatable bonds is 9. The molecule has 0 aliphatic rings. The van der Waals surface area contributed by atoms with Crippen molar-refractivity contribution in [3.63, 3.8) is 0 Å². The lowest BCUT2D eigenvalue weighted by molar-refractivity contribution is 0.181. The minimum atomic E-state index is -3.51. The maximum absolute atomic E-state index is 12.1. The topological polar surface area (TPSA) is 69.6 Å². The number of aliphatic hydroxyl groups is 1. The van der Waals surface area contributed by atoms with Gasteiger partial charge in [-0.3, -0.25) is 0 Å². The largest absolute Gasteiger partial charge is 0.387 e. The van der Waals surface area contributed by atoms with Crippen molar-refractivity contribution in [1.82, 2.24) is 9.03 Å². The Morgan fingerprint density at radius 2 is 2.00 bits per heavy atom. The van der Waals surface area contributed by atoms with E-state index in [0.29, 0.717) is 13.1 Å². The lowest BCUT2D eigenvalue weighted by atomic mass is 10.2. The third kappa shape index (κ3) is 5.19. The Bertz CT molecular complexity index is 440. The molecule has 0 radical (unpaired) electrons. The Labute approximate surface area is 119 Å². The molecule has 0 aromatic carbocycles. The van der Waals surface area contributed by atoms with E-state index in [1.165, 1.54) is 15.6 Å². The summed E-state index contributed by atoms with van der Waals surface area (Å²) < 4.78 is 28.1. The summed E-state index contributed by atoms with van der Waals surface area (Å²) in [6.07, 6.45) is 0.744. The van der Waals surface area contributed by atoms with Crippen molar-refractivity contribution in [2.75, 3.05) is 19.6 Å². The summed E-state index contributed by atoms with van der Waals surface area (Å²) in [5.41, 5.74) is 0.741. The second kappa shape index (κ2) is 7.96. The zero-order valence-corrected chi connectivity index (χ0v) is 13.0. The van der Waals surface area contributed by atoms with Crippen molar-refractivity contribution in [3.05, 3.63) is 22.4 Å². The number of thiophene rings is 1. The van der Waals surface area contributed by atoms with Gasteiger partial charge in [-0.1, -0.05) is 13.8 Å². The predicted octanol–water partition coefficient (Wildman–Crippen LogP) is 1.74. The molecule has 1 unspecified atom stereocenters. The summed E-state index contributed by atoms with van der Waals surface area (Å²) in [6, 6.07) is 1.79. The SMILES string of the molecule is CCCN(CCC)S(=O)(=O)NCC(O)c1ccsc1. The average Bonchev–Trinajstić information content (AvgIpc) is 2.89. The lowest BCUT2D eigenvalue weighted by Crippen LogP contribution is -2.43. The summed E-state index contributed by atoms with van der Waals surface area (Å²) in [7, 11) is -3.51. The molecule has 7 heteroatoms. The first-order valence-corrected chi connectivity index (χ1v) is 8.84. The van der Waals surface area contributed by atoms with E-state index in [1.54, 1.807) is 6.07 Å². The van der Waals surface area contributed by atoms with Crippen molar-refractivity contribution in [2.45, 2.75) is 32.8 Å². The van der Waals surface area contributed by atoms with E-state index < -0.39 is 16.3 Å². The number of nitrogens with one attached hydrogen (secondary N) is 1. The number of hydrogen-bond acceptors (Lipinski definition) is 4. The van der Waals surface area contributed by atoms with Crippen LogP contribution >= 0.6 is 11.3 Å². The van der Waals surface area contributed by atoms with Gasteiger partial charge in [-0.05, 0) is 35.2 Å². The second-order valence-electron chi connectivity index (χ2n) is 4.33. The molecule has 0 saturated carbocycles. The monoisotopic (exact) mass is 306 g/mol. The first kappa shape index (κ1) is 16.6. The van der Waals surface area contributed by atoms with Crippen LogP contribution in [0.15, 0.2) is 16.8 Å². The van der Waals surface area contributed by atoms with Crippen molar-refractivity contribution in [3.8, 4) is 0 Å². The summed E-state index contributed by atoms with van der Waals surface area (Å²) in [6.45, 7) is 4.88. The molecule has 0 spiro atoms. The first-order valence-electron chi connectivity index (χ1n) is 6.46. The van der Waals surface area contributed by atoms with E-state index in [-0.39, 0.29) is 6.54 Å². The average molecular weight is 306 g/mol. The molecule has 1 aromatic heterocycles. The van der Waals surface area contributed by atoms with E-state index in [0.717, 1.165) is 18.4 Å². The Morgan fingerprint density at radius 1 is 1.37 bits per heavy atom. The second-order valence-corrected chi connectivity index (χ2v) is 6.86. The van der Waals surface area contributed by atoms with Crippen molar-refractivity contribution in [1.29, 1.82) is 0 Å². The predicted molar refractivity (Wildman–Crippen MR) is 78.4 cm³/mol. The minimum absolute atomic E-state index is 0.00297. The maximum atomic E-state index is 12.1. The van der Waals surface area contributed by atoms with E-state index in [2.05, 4.69) is 4.72 Å². The van der Waals surface area contributed by atoms with Crippen LogP contribution in [0, 0.1) is 0 Å². The highest BCUT2D eigenvalue weighted by atomic mass is 32.2. The molecule has 1 atom stereocenters. The van der Waals surface area contributed by atoms with E-state index in [4.69, 9.17) is 0 Å². The Balaban J connectivity index is 2.58.